The molecule has 0 aliphatic carbocycles. The molecular weight excluding hydrogens is 338 g/mol. The average Bonchev–Trinajstić information content (AvgIpc) is 2.66. The molecule has 0 radical (unpaired) electrons. The van der Waals surface area contributed by atoms with Crippen molar-refractivity contribution in [3.8, 4) is 11.5 Å². The van der Waals surface area contributed by atoms with Gasteiger partial charge in [0, 0.05) is 12.4 Å². The van der Waals surface area contributed by atoms with Crippen molar-refractivity contribution in [3.63, 3.8) is 0 Å². The minimum absolute atomic E-state index is 0.118. The van der Waals surface area contributed by atoms with Gasteiger partial charge in [-0.15, -0.1) is 0 Å². The van der Waals surface area contributed by atoms with Crippen LogP contribution >= 0.6 is 10.2 Å². The number of carbonyl (C=O) groups excluding carboxylic acids is 1. The molecule has 7 heteroatoms. The molecule has 0 aliphatic rings. The summed E-state index contributed by atoms with van der Waals surface area (Å²) in [6.45, 7) is 2.10. The van der Waals surface area contributed by atoms with E-state index < -0.39 is 10.2 Å². The highest BCUT2D eigenvalue weighted by molar-refractivity contribution is 8.32. The van der Waals surface area contributed by atoms with Crippen molar-refractivity contribution < 1.29 is 14.3 Å². The topological polar surface area (TPSA) is 73.3 Å². The second-order valence-electron chi connectivity index (χ2n) is 5.76. The zero-order chi connectivity index (χ0) is 18.3. The van der Waals surface area contributed by atoms with Crippen LogP contribution in [0.5, 0.6) is 11.5 Å². The summed E-state index contributed by atoms with van der Waals surface area (Å²) in [7, 11) is 1.97. The summed E-state index contributed by atoms with van der Waals surface area (Å²) in [5, 5.41) is 0. The van der Waals surface area contributed by atoms with Gasteiger partial charge in [-0.2, -0.15) is 10.2 Å². The summed E-state index contributed by atoms with van der Waals surface area (Å²) < 4.78 is 13.8. The fraction of sp³-hybridized carbons (Fsp3) is 0.389. The number of carbonyl (C=O) groups is 1. The maximum Gasteiger partial charge on any atom is 0.262 e. The van der Waals surface area contributed by atoms with Crippen LogP contribution in [-0.2, 0) is 6.42 Å². The monoisotopic (exact) mass is 363 g/mol. The number of nitrogens with zero attached hydrogens (tertiary/aromatic N) is 2. The van der Waals surface area contributed by atoms with E-state index in [4.69, 9.17) is 9.47 Å². The fourth-order valence-electron chi connectivity index (χ4n) is 2.35. The molecule has 0 saturated heterocycles. The van der Waals surface area contributed by atoms with Crippen molar-refractivity contribution in [2.45, 2.75) is 13.3 Å². The Bertz CT molecular complexity index is 712. The molecule has 1 aromatic carbocycles. The molecule has 1 unspecified atom stereocenters. The number of ether oxygens (including phenoxy) is 2. The molecule has 0 aliphatic heterocycles. The van der Waals surface area contributed by atoms with Gasteiger partial charge in [0.15, 0.2) is 11.5 Å². The van der Waals surface area contributed by atoms with Crippen molar-refractivity contribution in [3.05, 3.63) is 48.0 Å². The van der Waals surface area contributed by atoms with Crippen LogP contribution in [0.2, 0.25) is 0 Å². The second-order valence-corrected chi connectivity index (χ2v) is 9.50. The fourth-order valence-corrected chi connectivity index (χ4v) is 4.13. The van der Waals surface area contributed by atoms with Gasteiger partial charge in [0.25, 0.3) is 5.91 Å². The summed E-state index contributed by atoms with van der Waals surface area (Å²) in [4.78, 5) is 20.2. The SMILES string of the molecule is CCS(C)(CCc1ccc(OC)c(OC)c1)NC(=O)c1cncnc1. The standard InChI is InChI=1S/C18H25N3O3S/c1-5-25(4,21-18(22)15-11-19-13-20-12-15)9-8-14-6-7-16(23-2)17(10-14)24-3/h6-7,10-13H,5,8-9H2,1-4H3,(H,21,22). The van der Waals surface area contributed by atoms with Gasteiger partial charge >= 0.3 is 0 Å². The predicted octanol–water partition coefficient (Wildman–Crippen LogP) is 2.84. The molecule has 1 heterocycles. The lowest BCUT2D eigenvalue weighted by atomic mass is 10.1. The lowest BCUT2D eigenvalue weighted by molar-refractivity contribution is 0.0982. The van der Waals surface area contributed by atoms with Crippen molar-refractivity contribution in [1.29, 1.82) is 0 Å². The maximum absolute atomic E-state index is 12.4. The van der Waals surface area contributed by atoms with Crippen LogP contribution in [0.3, 0.4) is 0 Å². The number of nitrogens with one attached hydrogen (secondary N) is 1. The third-order valence-corrected chi connectivity index (χ3v) is 7.15. The van der Waals surface area contributed by atoms with Crippen LogP contribution in [0, 0.1) is 0 Å². The van der Waals surface area contributed by atoms with E-state index in [1.54, 1.807) is 14.2 Å². The summed E-state index contributed by atoms with van der Waals surface area (Å²) in [6, 6.07) is 5.93. The number of amides is 1. The number of aryl methyl sites for hydroxylation is 1. The van der Waals surface area contributed by atoms with E-state index in [1.165, 1.54) is 18.7 Å². The summed E-state index contributed by atoms with van der Waals surface area (Å²) in [5.41, 5.74) is 1.64. The molecule has 0 saturated carbocycles. The number of methoxy groups -OCH3 is 2. The molecule has 0 fully saturated rings. The molecule has 1 atom stereocenters. The van der Waals surface area contributed by atoms with Crippen LogP contribution in [0.4, 0.5) is 0 Å². The Kier molecular flexibility index (Phi) is 6.64. The van der Waals surface area contributed by atoms with Gasteiger partial charge in [0.1, 0.15) is 6.33 Å². The van der Waals surface area contributed by atoms with Gasteiger partial charge in [-0.3, -0.25) is 4.79 Å². The van der Waals surface area contributed by atoms with E-state index in [1.807, 2.05) is 18.2 Å². The van der Waals surface area contributed by atoms with Gasteiger partial charge < -0.3 is 14.2 Å². The third-order valence-electron chi connectivity index (χ3n) is 4.09. The molecule has 1 aromatic heterocycles. The Balaban J connectivity index is 2.04. The zero-order valence-corrected chi connectivity index (χ0v) is 15.9. The second kappa shape index (κ2) is 8.71. The van der Waals surface area contributed by atoms with E-state index in [9.17, 15) is 4.79 Å². The molecular formula is C18H25N3O3S. The van der Waals surface area contributed by atoms with E-state index >= 15 is 0 Å². The summed E-state index contributed by atoms with van der Waals surface area (Å²) in [6.07, 6.45) is 7.47. The predicted molar refractivity (Wildman–Crippen MR) is 102 cm³/mol. The molecule has 25 heavy (non-hydrogen) atoms. The molecule has 0 bridgehead atoms. The Hall–Kier alpha value is -2.28. The zero-order valence-electron chi connectivity index (χ0n) is 15.1. The van der Waals surface area contributed by atoms with E-state index in [-0.39, 0.29) is 5.91 Å². The van der Waals surface area contributed by atoms with Gasteiger partial charge in [0.2, 0.25) is 0 Å². The van der Waals surface area contributed by atoms with Crippen LogP contribution in [0.15, 0.2) is 36.9 Å². The van der Waals surface area contributed by atoms with Crippen molar-refractivity contribution in [2.24, 2.45) is 0 Å². The van der Waals surface area contributed by atoms with E-state index in [2.05, 4.69) is 27.9 Å². The minimum Gasteiger partial charge on any atom is -0.493 e. The van der Waals surface area contributed by atoms with Gasteiger partial charge in [-0.05, 0) is 41.9 Å². The minimum atomic E-state index is -1.28. The van der Waals surface area contributed by atoms with Crippen LogP contribution < -0.4 is 14.2 Å². The molecule has 0 spiro atoms. The lowest BCUT2D eigenvalue weighted by Crippen LogP contribution is -2.31. The van der Waals surface area contributed by atoms with Crippen molar-refractivity contribution in [1.82, 2.24) is 14.7 Å². The Morgan fingerprint density at radius 2 is 1.84 bits per heavy atom. The highest BCUT2D eigenvalue weighted by Crippen LogP contribution is 2.40. The number of rotatable bonds is 8. The average molecular weight is 363 g/mol. The van der Waals surface area contributed by atoms with Crippen molar-refractivity contribution >= 4 is 16.1 Å². The molecule has 1 N–H and O–H groups in total. The van der Waals surface area contributed by atoms with Crippen molar-refractivity contribution in [2.75, 3.05) is 32.0 Å². The molecule has 2 rings (SSSR count). The normalized spacial score (nSPS) is 14.2. The van der Waals surface area contributed by atoms with Crippen LogP contribution in [0.1, 0.15) is 22.8 Å². The molecule has 6 nitrogen and oxygen atoms in total. The summed E-state index contributed by atoms with van der Waals surface area (Å²) in [5.74, 6) is 3.11. The van der Waals surface area contributed by atoms with Crippen LogP contribution in [-0.4, -0.2) is 47.9 Å². The van der Waals surface area contributed by atoms with E-state index in [0.29, 0.717) is 11.3 Å². The Labute approximate surface area is 150 Å². The van der Waals surface area contributed by atoms with Crippen LogP contribution in [0.25, 0.3) is 0 Å². The highest BCUT2D eigenvalue weighted by atomic mass is 32.3. The maximum atomic E-state index is 12.4. The van der Waals surface area contributed by atoms with Gasteiger partial charge in [-0.1, -0.05) is 13.0 Å². The van der Waals surface area contributed by atoms with Gasteiger partial charge in [-0.25, -0.2) is 9.97 Å². The lowest BCUT2D eigenvalue weighted by Gasteiger charge is -2.36. The molecule has 2 aromatic rings. The summed E-state index contributed by atoms with van der Waals surface area (Å²) >= 11 is 0. The molecule has 1 amide bonds. The first-order chi connectivity index (χ1) is 12.0. The number of hydrogen-bond acceptors (Lipinski definition) is 5. The first-order valence-electron chi connectivity index (χ1n) is 8.03. The molecule has 136 valence electrons. The quantitative estimate of drug-likeness (QED) is 0.781. The van der Waals surface area contributed by atoms with E-state index in [0.717, 1.165) is 29.2 Å². The largest absolute Gasteiger partial charge is 0.493 e. The van der Waals surface area contributed by atoms with Gasteiger partial charge in [0.05, 0.1) is 19.8 Å². The highest BCUT2D eigenvalue weighted by Gasteiger charge is 2.20. The first-order valence-corrected chi connectivity index (χ1v) is 10.4. The smallest absolute Gasteiger partial charge is 0.262 e. The number of aromatic nitrogens is 2. The number of benzene rings is 1. The third kappa shape index (κ3) is 5.09. The Morgan fingerprint density at radius 1 is 1.16 bits per heavy atom. The number of hydrogen-bond donors (Lipinski definition) is 1. The first kappa shape index (κ1) is 19.1. The Morgan fingerprint density at radius 3 is 2.44 bits per heavy atom.